The van der Waals surface area contributed by atoms with E-state index in [2.05, 4.69) is 0 Å². The first-order chi connectivity index (χ1) is 16.5. The molecule has 0 spiro atoms. The highest BCUT2D eigenvalue weighted by Gasteiger charge is 2.40. The van der Waals surface area contributed by atoms with Gasteiger partial charge in [0.05, 0.1) is 11.0 Å². The molecule has 1 aliphatic rings. The van der Waals surface area contributed by atoms with Gasteiger partial charge in [-0.05, 0) is 50.1 Å². The number of hydrogen-bond donors (Lipinski definition) is 1. The van der Waals surface area contributed by atoms with Crippen LogP contribution in [0, 0.1) is 15.9 Å². The number of benzene rings is 3. The maximum absolute atomic E-state index is 13.8. The van der Waals surface area contributed by atoms with E-state index in [1.165, 1.54) is 24.3 Å². The summed E-state index contributed by atoms with van der Waals surface area (Å²) in [5.41, 5.74) is 0.958. The zero-order valence-corrected chi connectivity index (χ0v) is 19.6. The molecular formula is C27H25FN2O5. The molecule has 0 bridgehead atoms. The van der Waals surface area contributed by atoms with Gasteiger partial charge >= 0.3 is 5.97 Å². The summed E-state index contributed by atoms with van der Waals surface area (Å²) in [5, 5.41) is 22.8. The van der Waals surface area contributed by atoms with Gasteiger partial charge in [-0.2, -0.15) is 0 Å². The number of nitrogens with zero attached hydrogens (tertiary/aromatic N) is 2. The van der Waals surface area contributed by atoms with E-state index in [4.69, 9.17) is 4.74 Å². The summed E-state index contributed by atoms with van der Waals surface area (Å²) in [6.45, 7) is 5.43. The summed E-state index contributed by atoms with van der Waals surface area (Å²) in [6, 6.07) is 18.4. The van der Waals surface area contributed by atoms with Crippen molar-refractivity contribution in [3.63, 3.8) is 0 Å². The monoisotopic (exact) mass is 476 g/mol. The Hall–Kier alpha value is -4.20. The fourth-order valence-corrected chi connectivity index (χ4v) is 4.14. The average Bonchev–Trinajstić information content (AvgIpc) is 2.80. The Labute approximate surface area is 202 Å². The van der Waals surface area contributed by atoms with Crippen LogP contribution in [0.1, 0.15) is 43.5 Å². The summed E-state index contributed by atoms with van der Waals surface area (Å²) >= 11 is 0. The van der Waals surface area contributed by atoms with Crippen LogP contribution in [-0.4, -0.2) is 21.6 Å². The van der Waals surface area contributed by atoms with Crippen molar-refractivity contribution in [1.29, 1.82) is 0 Å². The highest BCUT2D eigenvalue weighted by atomic mass is 19.1. The van der Waals surface area contributed by atoms with Crippen LogP contribution < -0.4 is 4.90 Å². The Morgan fingerprint density at radius 1 is 1.09 bits per heavy atom. The number of rotatable bonds is 5. The molecule has 35 heavy (non-hydrogen) atoms. The van der Waals surface area contributed by atoms with Gasteiger partial charge in [0.25, 0.3) is 5.69 Å². The van der Waals surface area contributed by atoms with Gasteiger partial charge in [-0.1, -0.05) is 42.5 Å². The molecule has 4 rings (SSSR count). The largest absolute Gasteiger partial charge is 0.507 e. The van der Waals surface area contributed by atoms with Gasteiger partial charge in [0.15, 0.2) is 0 Å². The van der Waals surface area contributed by atoms with E-state index in [0.717, 1.165) is 5.56 Å². The maximum atomic E-state index is 13.8. The molecule has 0 aromatic heterocycles. The van der Waals surface area contributed by atoms with Gasteiger partial charge in [0, 0.05) is 29.9 Å². The lowest BCUT2D eigenvalue weighted by atomic mass is 9.88. The SMILES string of the molecule is CC(C)(C)OC(=O)C1=C(O)c2cc([N+](=O)[O-])ccc2N(Cc2ccccc2)C1c1ccc(F)cc1. The summed E-state index contributed by atoms with van der Waals surface area (Å²) in [5.74, 6) is -1.61. The van der Waals surface area contributed by atoms with E-state index in [9.17, 15) is 24.4 Å². The number of fused-ring (bicyclic) bond motifs is 1. The van der Waals surface area contributed by atoms with Gasteiger partial charge < -0.3 is 14.7 Å². The molecule has 180 valence electrons. The maximum Gasteiger partial charge on any atom is 0.340 e. The molecule has 1 unspecified atom stereocenters. The fraction of sp³-hybridized carbons (Fsp3) is 0.222. The lowest BCUT2D eigenvalue weighted by Gasteiger charge is -2.40. The quantitative estimate of drug-likeness (QED) is 0.271. The Morgan fingerprint density at radius 2 is 1.74 bits per heavy atom. The first kappa shape index (κ1) is 23.9. The van der Waals surface area contributed by atoms with Crippen LogP contribution in [0.2, 0.25) is 0 Å². The highest BCUT2D eigenvalue weighted by molar-refractivity contribution is 6.02. The van der Waals surface area contributed by atoms with Crippen LogP contribution in [-0.2, 0) is 16.1 Å². The fourth-order valence-electron chi connectivity index (χ4n) is 4.14. The number of nitro groups is 1. The third-order valence-electron chi connectivity index (χ3n) is 5.60. The molecule has 1 atom stereocenters. The minimum Gasteiger partial charge on any atom is -0.507 e. The van der Waals surface area contributed by atoms with Gasteiger partial charge in [-0.25, -0.2) is 9.18 Å². The van der Waals surface area contributed by atoms with E-state index >= 15 is 0 Å². The third kappa shape index (κ3) is 5.01. The van der Waals surface area contributed by atoms with Crippen LogP contribution >= 0.6 is 0 Å². The zero-order chi connectivity index (χ0) is 25.3. The number of carbonyl (C=O) groups is 1. The normalized spacial score (nSPS) is 15.5. The number of carbonyl (C=O) groups excluding carboxylic acids is 1. The summed E-state index contributed by atoms with van der Waals surface area (Å²) in [7, 11) is 0. The predicted octanol–water partition coefficient (Wildman–Crippen LogP) is 6.11. The average molecular weight is 477 g/mol. The second-order valence-electron chi connectivity index (χ2n) is 9.29. The van der Waals surface area contributed by atoms with Crippen LogP contribution in [0.4, 0.5) is 15.8 Å². The van der Waals surface area contributed by atoms with Crippen molar-refractivity contribution in [2.45, 2.75) is 39.0 Å². The summed E-state index contributed by atoms with van der Waals surface area (Å²) in [4.78, 5) is 26.2. The standard InChI is InChI=1S/C27H25FN2O5/c1-27(2,3)35-26(32)23-24(18-9-11-19(28)12-10-18)29(16-17-7-5-4-6-8-17)22-14-13-20(30(33)34)15-21(22)25(23)31/h4-15,24,31H,16H2,1-3H3. The van der Waals surface area contributed by atoms with Crippen LogP contribution in [0.15, 0.2) is 78.4 Å². The lowest BCUT2D eigenvalue weighted by Crippen LogP contribution is -2.38. The molecule has 7 nitrogen and oxygen atoms in total. The summed E-state index contributed by atoms with van der Waals surface area (Å²) < 4.78 is 19.4. The number of non-ortho nitro benzene ring substituents is 1. The molecule has 3 aromatic rings. The molecule has 0 saturated carbocycles. The first-order valence-corrected chi connectivity index (χ1v) is 11.1. The van der Waals surface area contributed by atoms with E-state index in [-0.39, 0.29) is 16.8 Å². The molecule has 1 N–H and O–H groups in total. The van der Waals surface area contributed by atoms with E-state index < -0.39 is 34.1 Å². The second-order valence-corrected chi connectivity index (χ2v) is 9.29. The molecule has 0 radical (unpaired) electrons. The molecule has 1 heterocycles. The van der Waals surface area contributed by atoms with Crippen molar-refractivity contribution < 1.29 is 24.0 Å². The third-order valence-corrected chi connectivity index (χ3v) is 5.60. The molecular weight excluding hydrogens is 451 g/mol. The van der Waals surface area contributed by atoms with E-state index in [1.807, 2.05) is 35.2 Å². The van der Waals surface area contributed by atoms with E-state index in [1.54, 1.807) is 39.0 Å². The van der Waals surface area contributed by atoms with Crippen LogP contribution in [0.5, 0.6) is 0 Å². The number of aliphatic hydroxyl groups is 1. The molecule has 8 heteroatoms. The Balaban J connectivity index is 1.97. The minimum absolute atomic E-state index is 0.0736. The Bertz CT molecular complexity index is 1300. The Kier molecular flexibility index (Phi) is 6.30. The van der Waals surface area contributed by atoms with Crippen molar-refractivity contribution >= 4 is 23.1 Å². The number of nitro benzene ring substituents is 1. The van der Waals surface area contributed by atoms with Crippen molar-refractivity contribution in [2.75, 3.05) is 4.90 Å². The predicted molar refractivity (Wildman–Crippen MR) is 130 cm³/mol. The molecule has 0 fully saturated rings. The van der Waals surface area contributed by atoms with Gasteiger partial charge in [-0.3, -0.25) is 10.1 Å². The van der Waals surface area contributed by atoms with Crippen molar-refractivity contribution in [1.82, 2.24) is 0 Å². The van der Waals surface area contributed by atoms with Crippen LogP contribution in [0.3, 0.4) is 0 Å². The topological polar surface area (TPSA) is 92.9 Å². The molecule has 0 aliphatic carbocycles. The number of hydrogen-bond acceptors (Lipinski definition) is 6. The van der Waals surface area contributed by atoms with Gasteiger partial charge in [0.2, 0.25) is 0 Å². The number of aliphatic hydroxyl groups excluding tert-OH is 1. The van der Waals surface area contributed by atoms with Crippen LogP contribution in [0.25, 0.3) is 5.76 Å². The Morgan fingerprint density at radius 3 is 2.34 bits per heavy atom. The van der Waals surface area contributed by atoms with Gasteiger partial charge in [-0.15, -0.1) is 0 Å². The second kappa shape index (κ2) is 9.21. The van der Waals surface area contributed by atoms with Crippen molar-refractivity contribution in [3.05, 3.63) is 111 Å². The number of anilines is 1. The van der Waals surface area contributed by atoms with Crippen molar-refractivity contribution in [3.8, 4) is 0 Å². The first-order valence-electron chi connectivity index (χ1n) is 11.1. The lowest BCUT2D eigenvalue weighted by molar-refractivity contribution is -0.384. The molecule has 0 saturated heterocycles. The number of esters is 1. The molecule has 0 amide bonds. The smallest absolute Gasteiger partial charge is 0.340 e. The number of halogens is 1. The van der Waals surface area contributed by atoms with E-state index in [0.29, 0.717) is 17.8 Å². The van der Waals surface area contributed by atoms with Crippen molar-refractivity contribution in [2.24, 2.45) is 0 Å². The minimum atomic E-state index is -0.856. The number of ether oxygens (including phenoxy) is 1. The van der Waals surface area contributed by atoms with Gasteiger partial charge in [0.1, 0.15) is 22.8 Å². The molecule has 1 aliphatic heterocycles. The zero-order valence-electron chi connectivity index (χ0n) is 19.6. The molecule has 3 aromatic carbocycles. The highest BCUT2D eigenvalue weighted by Crippen LogP contribution is 2.46. The summed E-state index contributed by atoms with van der Waals surface area (Å²) in [6.07, 6.45) is 0.